The minimum absolute atomic E-state index is 0. The Labute approximate surface area is 88.9 Å². The van der Waals surface area contributed by atoms with Crippen molar-refractivity contribution in [1.82, 2.24) is 0 Å². The van der Waals surface area contributed by atoms with Crippen LogP contribution < -0.4 is 18.1 Å². The smallest absolute Gasteiger partial charge is 0.0925 e. The molecule has 1 aliphatic rings. The standard InChI is InChI=1S/C11H23N.ClH/c1-5-9-6-10(2,3)8-11(4,12)7-9;/h9H,5-8,12H2,1-4H3;1H/t9-,11-;/m1./s1. The highest BCUT2D eigenvalue weighted by Crippen LogP contribution is 2.42. The van der Waals surface area contributed by atoms with Gasteiger partial charge in [0.1, 0.15) is 0 Å². The molecule has 1 aliphatic carbocycles. The summed E-state index contributed by atoms with van der Waals surface area (Å²) in [5.41, 5.74) is 5.18. The molecule has 0 aromatic rings. The summed E-state index contributed by atoms with van der Waals surface area (Å²) in [6, 6.07) is 0. The zero-order valence-corrected chi connectivity index (χ0v) is 10.2. The molecule has 0 heterocycles. The van der Waals surface area contributed by atoms with E-state index in [2.05, 4.69) is 33.4 Å². The topological polar surface area (TPSA) is 27.6 Å². The largest absolute Gasteiger partial charge is 1.00 e. The van der Waals surface area contributed by atoms with Crippen LogP contribution in [0.4, 0.5) is 0 Å². The van der Waals surface area contributed by atoms with E-state index in [0.717, 1.165) is 5.92 Å². The summed E-state index contributed by atoms with van der Waals surface area (Å²) in [6.45, 7) is 9.40. The zero-order valence-electron chi connectivity index (χ0n) is 9.49. The molecule has 1 nitrogen and oxygen atoms in total. The second-order valence-electron chi connectivity index (χ2n) is 5.83. The van der Waals surface area contributed by atoms with Gasteiger partial charge >= 0.3 is 0 Å². The van der Waals surface area contributed by atoms with Crippen LogP contribution in [-0.4, -0.2) is 5.54 Å². The molecule has 1 saturated carbocycles. The molecule has 0 bridgehead atoms. The Balaban J connectivity index is 0.00000144. The number of quaternary nitrogens is 1. The molecule has 1 rings (SSSR count). The highest BCUT2D eigenvalue weighted by atomic mass is 35.5. The molecule has 0 unspecified atom stereocenters. The predicted octanol–water partition coefficient (Wildman–Crippen LogP) is -0.773. The third-order valence-corrected chi connectivity index (χ3v) is 3.11. The van der Waals surface area contributed by atoms with E-state index >= 15 is 0 Å². The van der Waals surface area contributed by atoms with Gasteiger partial charge in [0.05, 0.1) is 5.54 Å². The third kappa shape index (κ3) is 3.86. The minimum Gasteiger partial charge on any atom is -1.00 e. The van der Waals surface area contributed by atoms with E-state index in [9.17, 15) is 0 Å². The van der Waals surface area contributed by atoms with Crippen LogP contribution in [0, 0.1) is 11.3 Å². The normalized spacial score (nSPS) is 38.1. The molecular formula is C11H24ClN. The average Bonchev–Trinajstić information content (AvgIpc) is 1.80. The van der Waals surface area contributed by atoms with Gasteiger partial charge in [0, 0.05) is 12.8 Å². The summed E-state index contributed by atoms with van der Waals surface area (Å²) in [5, 5.41) is 0. The van der Waals surface area contributed by atoms with E-state index in [-0.39, 0.29) is 12.4 Å². The Morgan fingerprint density at radius 2 is 1.77 bits per heavy atom. The van der Waals surface area contributed by atoms with E-state index in [0.29, 0.717) is 11.0 Å². The van der Waals surface area contributed by atoms with E-state index in [1.54, 1.807) is 0 Å². The molecule has 2 heteroatoms. The maximum Gasteiger partial charge on any atom is 0.0925 e. The number of rotatable bonds is 1. The fourth-order valence-corrected chi connectivity index (χ4v) is 3.14. The van der Waals surface area contributed by atoms with Gasteiger partial charge < -0.3 is 18.1 Å². The molecule has 0 radical (unpaired) electrons. The summed E-state index contributed by atoms with van der Waals surface area (Å²) in [6.07, 6.45) is 5.34. The fraction of sp³-hybridized carbons (Fsp3) is 1.00. The predicted molar refractivity (Wildman–Crippen MR) is 52.7 cm³/mol. The molecule has 1 fully saturated rings. The summed E-state index contributed by atoms with van der Waals surface area (Å²) >= 11 is 0. The highest BCUT2D eigenvalue weighted by molar-refractivity contribution is 4.90. The lowest BCUT2D eigenvalue weighted by atomic mass is 9.64. The van der Waals surface area contributed by atoms with Gasteiger partial charge in [-0.05, 0) is 24.7 Å². The maximum absolute atomic E-state index is 4.32. The number of hydrogen-bond donors (Lipinski definition) is 1. The van der Waals surface area contributed by atoms with Gasteiger partial charge in [-0.2, -0.15) is 0 Å². The van der Waals surface area contributed by atoms with Crippen LogP contribution in [0.2, 0.25) is 0 Å². The first kappa shape index (κ1) is 13.2. The van der Waals surface area contributed by atoms with E-state index in [4.69, 9.17) is 0 Å². The SMILES string of the molecule is CC[C@@H]1CC(C)(C)C[C@](C)([NH3+])C1.[Cl-]. The van der Waals surface area contributed by atoms with Gasteiger partial charge in [0.25, 0.3) is 0 Å². The molecular weight excluding hydrogens is 182 g/mol. The van der Waals surface area contributed by atoms with Gasteiger partial charge in [-0.3, -0.25) is 0 Å². The second-order valence-corrected chi connectivity index (χ2v) is 5.83. The van der Waals surface area contributed by atoms with E-state index in [1.807, 2.05) is 0 Å². The Bertz CT molecular complexity index is 147. The zero-order chi connectivity index (χ0) is 9.41. The first-order valence-electron chi connectivity index (χ1n) is 5.20. The number of halogens is 1. The lowest BCUT2D eigenvalue weighted by Crippen LogP contribution is -3.00. The Hall–Kier alpha value is 0.250. The van der Waals surface area contributed by atoms with Gasteiger partial charge in [0.15, 0.2) is 0 Å². The van der Waals surface area contributed by atoms with Crippen LogP contribution in [0.5, 0.6) is 0 Å². The molecule has 0 aliphatic heterocycles. The first-order chi connectivity index (χ1) is 5.35. The fourth-order valence-electron chi connectivity index (χ4n) is 3.14. The molecule has 0 spiro atoms. The van der Waals surface area contributed by atoms with Gasteiger partial charge in [-0.15, -0.1) is 0 Å². The maximum atomic E-state index is 4.32. The molecule has 3 N–H and O–H groups in total. The molecule has 0 amide bonds. The van der Waals surface area contributed by atoms with Crippen LogP contribution in [0.15, 0.2) is 0 Å². The van der Waals surface area contributed by atoms with Crippen LogP contribution in [0.1, 0.15) is 53.4 Å². The van der Waals surface area contributed by atoms with Crippen molar-refractivity contribution in [3.05, 3.63) is 0 Å². The van der Waals surface area contributed by atoms with Crippen molar-refractivity contribution in [1.29, 1.82) is 0 Å². The summed E-state index contributed by atoms with van der Waals surface area (Å²) in [5.74, 6) is 0.913. The average molecular weight is 206 g/mol. The van der Waals surface area contributed by atoms with Crippen LogP contribution in [0.3, 0.4) is 0 Å². The van der Waals surface area contributed by atoms with Gasteiger partial charge in [-0.25, -0.2) is 0 Å². The van der Waals surface area contributed by atoms with Crippen LogP contribution >= 0.6 is 0 Å². The Kier molecular flexibility index (Phi) is 4.26. The Morgan fingerprint density at radius 3 is 2.15 bits per heavy atom. The second kappa shape index (κ2) is 4.18. The summed E-state index contributed by atoms with van der Waals surface area (Å²) in [4.78, 5) is 0. The molecule has 0 saturated heterocycles. The van der Waals surface area contributed by atoms with Crippen molar-refractivity contribution < 1.29 is 18.1 Å². The first-order valence-corrected chi connectivity index (χ1v) is 5.20. The van der Waals surface area contributed by atoms with Gasteiger partial charge in [0.2, 0.25) is 0 Å². The molecule has 13 heavy (non-hydrogen) atoms. The van der Waals surface area contributed by atoms with Crippen molar-refractivity contribution in [3.63, 3.8) is 0 Å². The van der Waals surface area contributed by atoms with Crippen molar-refractivity contribution in [2.45, 2.75) is 58.9 Å². The Morgan fingerprint density at radius 1 is 1.23 bits per heavy atom. The quantitative estimate of drug-likeness (QED) is 0.583. The van der Waals surface area contributed by atoms with Crippen molar-refractivity contribution in [2.75, 3.05) is 0 Å². The monoisotopic (exact) mass is 205 g/mol. The molecule has 0 aromatic heterocycles. The molecule has 2 atom stereocenters. The highest BCUT2D eigenvalue weighted by Gasteiger charge is 2.40. The third-order valence-electron chi connectivity index (χ3n) is 3.11. The van der Waals surface area contributed by atoms with Crippen LogP contribution in [0.25, 0.3) is 0 Å². The molecule has 0 aromatic carbocycles. The van der Waals surface area contributed by atoms with E-state index < -0.39 is 0 Å². The van der Waals surface area contributed by atoms with Crippen molar-refractivity contribution >= 4 is 0 Å². The minimum atomic E-state index is 0. The summed E-state index contributed by atoms with van der Waals surface area (Å²) in [7, 11) is 0. The molecule has 80 valence electrons. The van der Waals surface area contributed by atoms with Crippen molar-refractivity contribution in [3.8, 4) is 0 Å². The van der Waals surface area contributed by atoms with Crippen LogP contribution in [-0.2, 0) is 0 Å². The van der Waals surface area contributed by atoms with Gasteiger partial charge in [-0.1, -0.05) is 27.2 Å². The lowest BCUT2D eigenvalue weighted by Gasteiger charge is -2.42. The van der Waals surface area contributed by atoms with E-state index in [1.165, 1.54) is 25.7 Å². The van der Waals surface area contributed by atoms with Crippen molar-refractivity contribution in [2.24, 2.45) is 11.3 Å². The lowest BCUT2D eigenvalue weighted by molar-refractivity contribution is -0.486. The number of hydrogen-bond acceptors (Lipinski definition) is 0. The summed E-state index contributed by atoms with van der Waals surface area (Å²) < 4.78 is 0.